The van der Waals surface area contributed by atoms with Gasteiger partial charge in [-0.2, -0.15) is 9.97 Å². The van der Waals surface area contributed by atoms with Crippen LogP contribution in [-0.2, 0) is 6.42 Å². The molecule has 226 valence electrons. The molecule has 3 atom stereocenters. The van der Waals surface area contributed by atoms with Crippen LogP contribution in [0, 0.1) is 17.6 Å². The lowest BCUT2D eigenvalue weighted by Gasteiger charge is -2.31. The van der Waals surface area contributed by atoms with E-state index < -0.39 is 23.3 Å². The Morgan fingerprint density at radius 2 is 2.00 bits per heavy atom. The van der Waals surface area contributed by atoms with Crippen LogP contribution in [-0.4, -0.2) is 81.2 Å². The zero-order chi connectivity index (χ0) is 29.9. The molecule has 0 amide bonds. The molecule has 0 bridgehead atoms. The van der Waals surface area contributed by atoms with Crippen LogP contribution in [0.4, 0.5) is 19.0 Å². The molecule has 0 spiro atoms. The Bertz CT molecular complexity index is 1720. The van der Waals surface area contributed by atoms with E-state index in [-0.39, 0.29) is 47.7 Å². The van der Waals surface area contributed by atoms with Gasteiger partial charge in [-0.1, -0.05) is 13.0 Å². The highest BCUT2D eigenvalue weighted by molar-refractivity contribution is 6.01. The van der Waals surface area contributed by atoms with Crippen molar-refractivity contribution in [1.82, 2.24) is 19.9 Å². The van der Waals surface area contributed by atoms with E-state index >= 15 is 4.39 Å². The quantitative estimate of drug-likeness (QED) is 0.303. The summed E-state index contributed by atoms with van der Waals surface area (Å²) in [5.74, 6) is -0.755. The van der Waals surface area contributed by atoms with Crippen molar-refractivity contribution in [2.45, 2.75) is 50.7 Å². The monoisotopic (exact) mass is 593 g/mol. The summed E-state index contributed by atoms with van der Waals surface area (Å²) in [7, 11) is 0. The number of hydrogen-bond donors (Lipinski definition) is 2. The summed E-state index contributed by atoms with van der Waals surface area (Å²) < 4.78 is 52.1. The Labute approximate surface area is 247 Å². The Morgan fingerprint density at radius 1 is 1.14 bits per heavy atom. The smallest absolute Gasteiger partial charge is 0.319 e. The fourth-order valence-corrected chi connectivity index (χ4v) is 7.37. The van der Waals surface area contributed by atoms with Crippen molar-refractivity contribution < 1.29 is 28.1 Å². The molecule has 3 fully saturated rings. The highest BCUT2D eigenvalue weighted by Gasteiger charge is 2.49. The lowest BCUT2D eigenvalue weighted by molar-refractivity contribution is 0.107. The Hall–Kier alpha value is -3.70. The predicted molar refractivity (Wildman–Crippen MR) is 157 cm³/mol. The van der Waals surface area contributed by atoms with Gasteiger partial charge in [0.1, 0.15) is 41.4 Å². The Kier molecular flexibility index (Phi) is 7.04. The van der Waals surface area contributed by atoms with Crippen molar-refractivity contribution >= 4 is 27.5 Å². The number of alkyl halides is 1. The van der Waals surface area contributed by atoms with E-state index in [1.54, 1.807) is 6.07 Å². The molecule has 4 aromatic rings. The lowest BCUT2D eigenvalue weighted by Crippen LogP contribution is -2.43. The SMILES string of the molecule is CCc1c(F)ccc2cc(O)cc(-c3ncc4c(N5CC[C@H](CO)C5)nc(OC[C@@]56CCCN5C[C@H](F)C6)nc4c3F)c12. The first-order chi connectivity index (χ1) is 20.8. The van der Waals surface area contributed by atoms with Crippen molar-refractivity contribution in [3.8, 4) is 23.0 Å². The molecular weight excluding hydrogens is 559 g/mol. The third-order valence-corrected chi connectivity index (χ3v) is 9.48. The Balaban J connectivity index is 1.37. The number of phenols is 1. The first-order valence-electron chi connectivity index (χ1n) is 15.0. The number of hydrogen-bond acceptors (Lipinski definition) is 8. The third kappa shape index (κ3) is 4.73. The summed E-state index contributed by atoms with van der Waals surface area (Å²) in [5, 5.41) is 21.7. The fourth-order valence-electron chi connectivity index (χ4n) is 7.37. The molecule has 0 aliphatic carbocycles. The summed E-state index contributed by atoms with van der Waals surface area (Å²) in [6, 6.07) is 5.79. The maximum absolute atomic E-state index is 16.6. The number of ether oxygens (including phenoxy) is 1. The second-order valence-electron chi connectivity index (χ2n) is 12.1. The van der Waals surface area contributed by atoms with Gasteiger partial charge in [-0.25, -0.2) is 13.2 Å². The first kappa shape index (κ1) is 28.1. The molecule has 43 heavy (non-hydrogen) atoms. The highest BCUT2D eigenvalue weighted by atomic mass is 19.1. The summed E-state index contributed by atoms with van der Waals surface area (Å²) in [6.45, 7) is 4.37. The van der Waals surface area contributed by atoms with Gasteiger partial charge in [-0.3, -0.25) is 9.88 Å². The van der Waals surface area contributed by atoms with E-state index in [1.165, 1.54) is 24.4 Å². The molecule has 2 aromatic heterocycles. The zero-order valence-corrected chi connectivity index (χ0v) is 24.0. The Morgan fingerprint density at radius 3 is 2.79 bits per heavy atom. The van der Waals surface area contributed by atoms with Crippen molar-refractivity contribution in [2.24, 2.45) is 5.92 Å². The van der Waals surface area contributed by atoms with E-state index in [0.717, 1.165) is 25.8 Å². The van der Waals surface area contributed by atoms with Crippen LogP contribution in [0.2, 0.25) is 0 Å². The van der Waals surface area contributed by atoms with Crippen LogP contribution in [0.3, 0.4) is 0 Å². The van der Waals surface area contributed by atoms with E-state index in [4.69, 9.17) is 9.72 Å². The molecule has 2 aromatic carbocycles. The number of nitrogens with zero attached hydrogens (tertiary/aromatic N) is 5. The molecule has 0 saturated carbocycles. The number of rotatable bonds is 7. The summed E-state index contributed by atoms with van der Waals surface area (Å²) in [6.07, 6.45) is 3.84. The van der Waals surface area contributed by atoms with Gasteiger partial charge in [0.25, 0.3) is 0 Å². The van der Waals surface area contributed by atoms with Crippen LogP contribution in [0.5, 0.6) is 11.8 Å². The normalized spacial score (nSPS) is 24.0. The lowest BCUT2D eigenvalue weighted by atomic mass is 9.94. The first-order valence-corrected chi connectivity index (χ1v) is 15.0. The van der Waals surface area contributed by atoms with Gasteiger partial charge < -0.3 is 19.8 Å². The van der Waals surface area contributed by atoms with Crippen molar-refractivity contribution in [3.63, 3.8) is 0 Å². The maximum Gasteiger partial charge on any atom is 0.319 e. The standard InChI is InChI=1S/C32H34F3N5O3/c1-2-22-25(34)5-4-19-10-21(42)11-23(26(19)22)28-27(35)29-24(13-36-28)30(39-9-6-18(14-39)16-41)38-31(37-29)43-17-32-7-3-8-40(32)15-20(33)12-32/h4-5,10-11,13,18,20,41-42H,2-3,6-9,12,14-17H2,1H3/t18-,20+,32-/m0/s1. The molecule has 3 saturated heterocycles. The summed E-state index contributed by atoms with van der Waals surface area (Å²) in [5.41, 5.74) is 0.137. The molecule has 2 N–H and O–H groups in total. The van der Waals surface area contributed by atoms with Gasteiger partial charge in [0.2, 0.25) is 0 Å². The number of aromatic nitrogens is 3. The number of aliphatic hydroxyl groups is 1. The van der Waals surface area contributed by atoms with Crippen LogP contribution < -0.4 is 9.64 Å². The van der Waals surface area contributed by atoms with Crippen molar-refractivity contribution in [1.29, 1.82) is 0 Å². The number of aliphatic hydroxyl groups excluding tert-OH is 1. The van der Waals surface area contributed by atoms with E-state index in [9.17, 15) is 19.0 Å². The van der Waals surface area contributed by atoms with Crippen molar-refractivity contribution in [2.75, 3.05) is 44.3 Å². The van der Waals surface area contributed by atoms with E-state index in [2.05, 4.69) is 14.9 Å². The zero-order valence-electron chi connectivity index (χ0n) is 24.0. The van der Waals surface area contributed by atoms with Gasteiger partial charge in [-0.05, 0) is 66.8 Å². The molecular formula is C32H34F3N5O3. The number of phenolic OH excluding ortho intramolecular Hbond substituents is 1. The van der Waals surface area contributed by atoms with Gasteiger partial charge in [0.15, 0.2) is 5.82 Å². The molecule has 11 heteroatoms. The minimum Gasteiger partial charge on any atom is -0.508 e. The van der Waals surface area contributed by atoms with E-state index in [0.29, 0.717) is 60.0 Å². The van der Waals surface area contributed by atoms with E-state index in [1.807, 2.05) is 11.8 Å². The number of anilines is 1. The second-order valence-corrected chi connectivity index (χ2v) is 12.1. The predicted octanol–water partition coefficient (Wildman–Crippen LogP) is 5.17. The summed E-state index contributed by atoms with van der Waals surface area (Å²) in [4.78, 5) is 17.8. The van der Waals surface area contributed by atoms with Gasteiger partial charge in [0.05, 0.1) is 10.9 Å². The topological polar surface area (TPSA) is 94.8 Å². The molecule has 3 aliphatic rings. The van der Waals surface area contributed by atoms with Crippen molar-refractivity contribution in [3.05, 3.63) is 47.7 Å². The minimum absolute atomic E-state index is 0.0149. The highest BCUT2D eigenvalue weighted by Crippen LogP contribution is 2.42. The number of benzene rings is 2. The number of aromatic hydroxyl groups is 1. The number of pyridine rings is 1. The maximum atomic E-state index is 16.6. The van der Waals surface area contributed by atoms with Gasteiger partial charge in [-0.15, -0.1) is 0 Å². The van der Waals surface area contributed by atoms with Crippen LogP contribution in [0.1, 0.15) is 38.2 Å². The fraction of sp³-hybridized carbons (Fsp3) is 0.469. The molecule has 3 aliphatic heterocycles. The number of halogens is 3. The average molecular weight is 594 g/mol. The number of fused-ring (bicyclic) bond motifs is 3. The third-order valence-electron chi connectivity index (χ3n) is 9.48. The molecule has 5 heterocycles. The second kappa shape index (κ2) is 10.8. The van der Waals surface area contributed by atoms with Gasteiger partial charge >= 0.3 is 6.01 Å². The van der Waals surface area contributed by atoms with Gasteiger partial charge in [0, 0.05) is 50.3 Å². The van der Waals surface area contributed by atoms with Crippen LogP contribution >= 0.6 is 0 Å². The summed E-state index contributed by atoms with van der Waals surface area (Å²) >= 11 is 0. The van der Waals surface area contributed by atoms with Crippen LogP contribution in [0.15, 0.2) is 30.5 Å². The molecule has 7 rings (SSSR count). The largest absolute Gasteiger partial charge is 0.508 e. The minimum atomic E-state index is -0.918. The molecule has 0 radical (unpaired) electrons. The average Bonchev–Trinajstić information content (AvgIpc) is 3.70. The molecule has 0 unspecified atom stereocenters. The molecule has 8 nitrogen and oxygen atoms in total. The number of aryl methyl sites for hydroxylation is 1. The van der Waals surface area contributed by atoms with Crippen LogP contribution in [0.25, 0.3) is 32.9 Å².